The van der Waals surface area contributed by atoms with Crippen LogP contribution in [0, 0.1) is 11.3 Å². The maximum absolute atomic E-state index is 12.2. The smallest absolute Gasteiger partial charge is 0.227 e. The summed E-state index contributed by atoms with van der Waals surface area (Å²) in [5.41, 5.74) is 2.49. The van der Waals surface area contributed by atoms with Gasteiger partial charge in [0.25, 0.3) is 0 Å². The van der Waals surface area contributed by atoms with Crippen LogP contribution in [0.4, 0.5) is 5.13 Å². The lowest BCUT2D eigenvalue weighted by Gasteiger charge is -1.99. The molecule has 32 heavy (non-hydrogen) atoms. The quantitative estimate of drug-likeness (QED) is 0.276. The number of halogens is 1. The number of nitriles is 1. The van der Waals surface area contributed by atoms with Crippen molar-refractivity contribution < 1.29 is 9.32 Å². The number of benzene rings is 2. The van der Waals surface area contributed by atoms with Gasteiger partial charge in [0, 0.05) is 29.2 Å². The predicted octanol–water partition coefficient (Wildman–Crippen LogP) is 4.98. The lowest BCUT2D eigenvalue weighted by molar-refractivity contribution is -0.116. The third kappa shape index (κ3) is 5.91. The largest absolute Gasteiger partial charge is 0.339 e. The molecule has 160 valence electrons. The Morgan fingerprint density at radius 2 is 1.94 bits per heavy atom. The van der Waals surface area contributed by atoms with Crippen LogP contribution in [0.3, 0.4) is 0 Å². The van der Waals surface area contributed by atoms with Gasteiger partial charge in [-0.05, 0) is 42.0 Å². The number of amides is 1. The second-order valence-electron chi connectivity index (χ2n) is 6.54. The number of thioether (sulfide) groups is 1. The van der Waals surface area contributed by atoms with E-state index in [0.29, 0.717) is 39.6 Å². The van der Waals surface area contributed by atoms with Crippen molar-refractivity contribution in [2.75, 3.05) is 5.32 Å². The highest BCUT2D eigenvalue weighted by atomic mass is 35.5. The molecule has 2 aromatic heterocycles. The molecule has 4 rings (SSSR count). The average molecular weight is 483 g/mol. The van der Waals surface area contributed by atoms with E-state index in [2.05, 4.69) is 31.7 Å². The minimum atomic E-state index is -0.212. The van der Waals surface area contributed by atoms with E-state index in [1.165, 1.54) is 23.1 Å². The van der Waals surface area contributed by atoms with Crippen molar-refractivity contribution >= 4 is 45.7 Å². The van der Waals surface area contributed by atoms with E-state index in [-0.39, 0.29) is 12.3 Å². The second-order valence-corrected chi connectivity index (χ2v) is 9.17. The van der Waals surface area contributed by atoms with E-state index in [0.717, 1.165) is 15.5 Å². The van der Waals surface area contributed by atoms with Gasteiger partial charge in [-0.25, -0.2) is 0 Å². The molecule has 2 heterocycles. The summed E-state index contributed by atoms with van der Waals surface area (Å²) in [6, 6.07) is 16.6. The Morgan fingerprint density at radius 3 is 2.69 bits per heavy atom. The predicted molar refractivity (Wildman–Crippen MR) is 122 cm³/mol. The minimum Gasteiger partial charge on any atom is -0.339 e. The van der Waals surface area contributed by atoms with Crippen molar-refractivity contribution in [2.45, 2.75) is 22.9 Å². The van der Waals surface area contributed by atoms with E-state index in [1.54, 1.807) is 36.4 Å². The summed E-state index contributed by atoms with van der Waals surface area (Å²) in [7, 11) is 0. The normalized spacial score (nSPS) is 10.6. The Hall–Kier alpha value is -3.26. The summed E-state index contributed by atoms with van der Waals surface area (Å²) in [5, 5.41) is 24.7. The van der Waals surface area contributed by atoms with Gasteiger partial charge in [-0.3, -0.25) is 4.79 Å². The van der Waals surface area contributed by atoms with Crippen LogP contribution in [0.5, 0.6) is 0 Å². The molecule has 0 saturated carbocycles. The molecule has 11 heteroatoms. The number of nitrogens with zero attached hydrogens (tertiary/aromatic N) is 5. The molecule has 0 aliphatic carbocycles. The van der Waals surface area contributed by atoms with Crippen LogP contribution < -0.4 is 5.32 Å². The number of carbonyl (C=O) groups is 1. The van der Waals surface area contributed by atoms with Crippen molar-refractivity contribution in [1.82, 2.24) is 20.3 Å². The zero-order valence-corrected chi connectivity index (χ0v) is 18.9. The molecule has 0 aliphatic heterocycles. The van der Waals surface area contributed by atoms with Crippen molar-refractivity contribution in [3.8, 4) is 17.5 Å². The van der Waals surface area contributed by atoms with Crippen LogP contribution >= 0.6 is 34.7 Å². The van der Waals surface area contributed by atoms with Gasteiger partial charge < -0.3 is 9.84 Å². The summed E-state index contributed by atoms with van der Waals surface area (Å²) >= 11 is 8.71. The van der Waals surface area contributed by atoms with Gasteiger partial charge in [0.15, 0.2) is 4.34 Å². The van der Waals surface area contributed by atoms with Gasteiger partial charge in [0.2, 0.25) is 22.8 Å². The molecular formula is C21H15ClN6O2S2. The number of aromatic nitrogens is 4. The monoisotopic (exact) mass is 482 g/mol. The van der Waals surface area contributed by atoms with Crippen LogP contribution in [0.25, 0.3) is 11.4 Å². The third-order valence-electron chi connectivity index (χ3n) is 4.23. The van der Waals surface area contributed by atoms with Gasteiger partial charge in [-0.15, -0.1) is 10.2 Å². The van der Waals surface area contributed by atoms with E-state index in [1.807, 2.05) is 12.1 Å². The van der Waals surface area contributed by atoms with E-state index in [4.69, 9.17) is 21.4 Å². The molecule has 0 unspecified atom stereocenters. The summed E-state index contributed by atoms with van der Waals surface area (Å²) in [4.78, 5) is 16.5. The molecule has 0 bridgehead atoms. The highest BCUT2D eigenvalue weighted by molar-refractivity contribution is 8.00. The fourth-order valence-electron chi connectivity index (χ4n) is 2.61. The molecule has 1 N–H and O–H groups in total. The number of hydrogen-bond acceptors (Lipinski definition) is 9. The van der Waals surface area contributed by atoms with Crippen LogP contribution in [-0.2, 0) is 17.0 Å². The first-order valence-corrected chi connectivity index (χ1v) is 11.6. The average Bonchev–Trinajstić information content (AvgIpc) is 3.47. The molecule has 8 nitrogen and oxygen atoms in total. The Kier molecular flexibility index (Phi) is 7.11. The molecule has 0 radical (unpaired) electrons. The standard InChI is InChI=1S/C21H15ClN6O2S2/c22-16-7-5-15(6-8-16)19-25-18(30-28-19)10-9-17(29)24-20-26-27-21(32-20)31-12-14-3-1-13(11-23)2-4-14/h1-8H,9-10,12H2,(H,24,26,29). The van der Waals surface area contributed by atoms with Crippen molar-refractivity contribution in [3.05, 3.63) is 70.6 Å². The molecule has 2 aromatic carbocycles. The first kappa shape index (κ1) is 22.0. The number of anilines is 1. The van der Waals surface area contributed by atoms with E-state index in [9.17, 15) is 4.79 Å². The molecule has 0 atom stereocenters. The SMILES string of the molecule is N#Cc1ccc(CSc2nnc(NC(=O)CCc3nc(-c4ccc(Cl)cc4)no3)s2)cc1. The fourth-order valence-corrected chi connectivity index (χ4v) is 4.46. The molecule has 0 saturated heterocycles. The lowest BCUT2D eigenvalue weighted by atomic mass is 10.2. The second kappa shape index (κ2) is 10.4. The molecular weight excluding hydrogens is 468 g/mol. The summed E-state index contributed by atoms with van der Waals surface area (Å²) in [6.07, 6.45) is 0.487. The van der Waals surface area contributed by atoms with E-state index >= 15 is 0 Å². The summed E-state index contributed by atoms with van der Waals surface area (Å²) in [6.45, 7) is 0. The molecule has 0 spiro atoms. The highest BCUT2D eigenvalue weighted by Crippen LogP contribution is 2.28. The zero-order chi connectivity index (χ0) is 22.3. The first-order valence-electron chi connectivity index (χ1n) is 9.43. The Bertz CT molecular complexity index is 1250. The molecule has 1 amide bonds. The highest BCUT2D eigenvalue weighted by Gasteiger charge is 2.13. The fraction of sp³-hybridized carbons (Fsp3) is 0.143. The van der Waals surface area contributed by atoms with Gasteiger partial charge in [-0.1, -0.05) is 52.0 Å². The van der Waals surface area contributed by atoms with Crippen LogP contribution in [0.2, 0.25) is 5.02 Å². The Morgan fingerprint density at radius 1 is 1.16 bits per heavy atom. The van der Waals surface area contributed by atoms with Crippen LogP contribution in [0.1, 0.15) is 23.4 Å². The number of hydrogen-bond donors (Lipinski definition) is 1. The Labute approximate surface area is 196 Å². The Balaban J connectivity index is 1.24. The van der Waals surface area contributed by atoms with E-state index < -0.39 is 0 Å². The first-order chi connectivity index (χ1) is 15.6. The minimum absolute atomic E-state index is 0.176. The maximum atomic E-state index is 12.2. The lowest BCUT2D eigenvalue weighted by Crippen LogP contribution is -2.12. The number of rotatable bonds is 8. The van der Waals surface area contributed by atoms with Crippen molar-refractivity contribution in [2.24, 2.45) is 0 Å². The number of aryl methyl sites for hydroxylation is 1. The van der Waals surface area contributed by atoms with Gasteiger partial charge in [-0.2, -0.15) is 10.2 Å². The van der Waals surface area contributed by atoms with Gasteiger partial charge in [0.1, 0.15) is 0 Å². The summed E-state index contributed by atoms with van der Waals surface area (Å²) < 4.78 is 5.97. The van der Waals surface area contributed by atoms with Gasteiger partial charge in [0.05, 0.1) is 11.6 Å². The van der Waals surface area contributed by atoms with Crippen LogP contribution in [0.15, 0.2) is 57.4 Å². The molecule has 0 aliphatic rings. The van der Waals surface area contributed by atoms with Crippen LogP contribution in [-0.4, -0.2) is 26.2 Å². The van der Waals surface area contributed by atoms with Crippen molar-refractivity contribution in [3.63, 3.8) is 0 Å². The zero-order valence-electron chi connectivity index (χ0n) is 16.5. The summed E-state index contributed by atoms with van der Waals surface area (Å²) in [5.74, 6) is 1.31. The van der Waals surface area contributed by atoms with Crippen molar-refractivity contribution in [1.29, 1.82) is 5.26 Å². The third-order valence-corrected chi connectivity index (χ3v) is 6.53. The number of nitrogens with one attached hydrogen (secondary N) is 1. The molecule has 0 fully saturated rings. The number of carbonyl (C=O) groups excluding carboxylic acids is 1. The maximum Gasteiger partial charge on any atom is 0.227 e. The topological polar surface area (TPSA) is 118 Å². The molecule has 4 aromatic rings. The van der Waals surface area contributed by atoms with Gasteiger partial charge >= 0.3 is 0 Å².